The van der Waals surface area contributed by atoms with E-state index in [0.29, 0.717) is 29.1 Å². The average molecular weight is 541 g/mol. The number of pyridine rings is 1. The number of hydrogen-bond acceptors (Lipinski definition) is 9. The SMILES string of the molecule is COc1ncc(-c2cc(CN3CCC3)c3c(N)ncnn23)cc1C(=O)N[C@@H]1CN(C(=O)OC(C)(C)C)C[C@@H]1F. The number of likely N-dealkylation sites (tertiary alicyclic amines) is 2. The standard InChI is InChI=1S/C26H33FN8O4/c1-26(2,3)39-25(37)34-12-18(27)19(13-34)32-23(36)17-8-15(10-29-24(17)38-4)20-9-16(11-33-6-5-7-33)21-22(28)30-14-31-35(20)21/h8-10,14,18-19H,5-7,11-13H2,1-4H3,(H,32,36)(H2,28,30,31)/t18-,19+/m0/s1. The zero-order valence-electron chi connectivity index (χ0n) is 22.5. The molecule has 12 nitrogen and oxygen atoms in total. The first kappa shape index (κ1) is 26.6. The number of anilines is 1. The molecule has 2 saturated heterocycles. The number of rotatable bonds is 6. The molecule has 2 aliphatic rings. The molecular formula is C26H33FN8O4. The number of aromatic nitrogens is 4. The Labute approximate surface area is 225 Å². The molecule has 0 spiro atoms. The second-order valence-electron chi connectivity index (χ2n) is 10.9. The van der Waals surface area contributed by atoms with Crippen LogP contribution in [0.25, 0.3) is 16.8 Å². The fourth-order valence-electron chi connectivity index (χ4n) is 4.79. The van der Waals surface area contributed by atoms with Gasteiger partial charge in [-0.25, -0.2) is 23.7 Å². The number of carbonyl (C=O) groups is 2. The van der Waals surface area contributed by atoms with E-state index in [1.165, 1.54) is 18.3 Å². The molecular weight excluding hydrogens is 507 g/mol. The van der Waals surface area contributed by atoms with Gasteiger partial charge in [-0.15, -0.1) is 0 Å². The second kappa shape index (κ2) is 10.3. The Bertz CT molecular complexity index is 1400. The molecule has 0 radical (unpaired) electrons. The number of ether oxygens (including phenoxy) is 2. The van der Waals surface area contributed by atoms with Crippen molar-refractivity contribution in [1.29, 1.82) is 0 Å². The van der Waals surface area contributed by atoms with Gasteiger partial charge in [-0.05, 0) is 58.0 Å². The number of halogens is 1. The van der Waals surface area contributed by atoms with Crippen LogP contribution in [0.15, 0.2) is 24.7 Å². The Morgan fingerprint density at radius 3 is 2.64 bits per heavy atom. The fourth-order valence-corrected chi connectivity index (χ4v) is 4.79. The van der Waals surface area contributed by atoms with Crippen molar-refractivity contribution in [3.63, 3.8) is 0 Å². The van der Waals surface area contributed by atoms with Gasteiger partial charge in [0.25, 0.3) is 5.91 Å². The number of hydrogen-bond donors (Lipinski definition) is 2. The summed E-state index contributed by atoms with van der Waals surface area (Å²) in [4.78, 5) is 37.8. The van der Waals surface area contributed by atoms with Crippen LogP contribution >= 0.6 is 0 Å². The first-order valence-electron chi connectivity index (χ1n) is 12.8. The fraction of sp³-hybridized carbons (Fsp3) is 0.500. The van der Waals surface area contributed by atoms with Crippen LogP contribution < -0.4 is 15.8 Å². The van der Waals surface area contributed by atoms with Gasteiger partial charge in [0.1, 0.15) is 29.2 Å². The predicted molar refractivity (Wildman–Crippen MR) is 141 cm³/mol. The lowest BCUT2D eigenvalue weighted by atomic mass is 10.1. The van der Waals surface area contributed by atoms with Crippen LogP contribution in [0.4, 0.5) is 15.0 Å². The van der Waals surface area contributed by atoms with Crippen LogP contribution in [0.3, 0.4) is 0 Å². The van der Waals surface area contributed by atoms with Gasteiger partial charge in [0.05, 0.1) is 25.4 Å². The Morgan fingerprint density at radius 1 is 1.21 bits per heavy atom. The molecule has 2 fully saturated rings. The van der Waals surface area contributed by atoms with E-state index in [1.807, 2.05) is 6.07 Å². The van der Waals surface area contributed by atoms with Crippen LogP contribution in [0, 0.1) is 0 Å². The van der Waals surface area contributed by atoms with Crippen molar-refractivity contribution >= 4 is 23.3 Å². The number of alkyl halides is 1. The van der Waals surface area contributed by atoms with Crippen molar-refractivity contribution in [2.45, 2.75) is 51.6 Å². The molecule has 3 aromatic rings. The average Bonchev–Trinajstić information content (AvgIpc) is 3.41. The molecule has 3 aromatic heterocycles. The van der Waals surface area contributed by atoms with Crippen LogP contribution in [0.2, 0.25) is 0 Å². The van der Waals surface area contributed by atoms with Crippen LogP contribution in [0.1, 0.15) is 43.1 Å². The summed E-state index contributed by atoms with van der Waals surface area (Å²) in [7, 11) is 1.41. The maximum atomic E-state index is 14.8. The quantitative estimate of drug-likeness (QED) is 0.482. The molecule has 39 heavy (non-hydrogen) atoms. The number of fused-ring (bicyclic) bond motifs is 1. The molecule has 0 unspecified atom stereocenters. The third kappa shape index (κ3) is 5.44. The van der Waals surface area contributed by atoms with Crippen LogP contribution in [-0.2, 0) is 11.3 Å². The summed E-state index contributed by atoms with van der Waals surface area (Å²) in [6.45, 7) is 7.74. The Morgan fingerprint density at radius 2 is 1.97 bits per heavy atom. The molecule has 0 bridgehead atoms. The summed E-state index contributed by atoms with van der Waals surface area (Å²) in [5, 5.41) is 7.10. The third-order valence-corrected chi connectivity index (χ3v) is 6.81. The Hall–Kier alpha value is -4.00. The minimum Gasteiger partial charge on any atom is -0.480 e. The third-order valence-electron chi connectivity index (χ3n) is 6.81. The van der Waals surface area contributed by atoms with Crippen molar-refractivity contribution in [2.24, 2.45) is 0 Å². The number of nitrogens with two attached hydrogens (primary N) is 1. The van der Waals surface area contributed by atoms with Gasteiger partial charge in [-0.1, -0.05) is 0 Å². The number of nitrogens with zero attached hydrogens (tertiary/aromatic N) is 6. The van der Waals surface area contributed by atoms with E-state index >= 15 is 0 Å². The minimum absolute atomic E-state index is 0.0172. The Kier molecular flexibility index (Phi) is 7.02. The van der Waals surface area contributed by atoms with Gasteiger partial charge in [0, 0.05) is 24.8 Å². The molecule has 2 aliphatic heterocycles. The van der Waals surface area contributed by atoms with Crippen LogP contribution in [0.5, 0.6) is 5.88 Å². The van der Waals surface area contributed by atoms with Gasteiger partial charge in [0.2, 0.25) is 5.88 Å². The lowest BCUT2D eigenvalue weighted by molar-refractivity contribution is 0.0281. The highest BCUT2D eigenvalue weighted by Crippen LogP contribution is 2.31. The van der Waals surface area contributed by atoms with E-state index in [2.05, 4.69) is 25.3 Å². The molecule has 13 heteroatoms. The smallest absolute Gasteiger partial charge is 0.410 e. The van der Waals surface area contributed by atoms with Gasteiger partial charge >= 0.3 is 6.09 Å². The van der Waals surface area contributed by atoms with E-state index in [0.717, 1.165) is 25.1 Å². The highest BCUT2D eigenvalue weighted by atomic mass is 19.1. The van der Waals surface area contributed by atoms with E-state index in [-0.39, 0.29) is 24.5 Å². The lowest BCUT2D eigenvalue weighted by Gasteiger charge is -2.30. The van der Waals surface area contributed by atoms with E-state index in [4.69, 9.17) is 15.2 Å². The summed E-state index contributed by atoms with van der Waals surface area (Å²) in [6.07, 6.45) is 2.03. The minimum atomic E-state index is -1.46. The largest absolute Gasteiger partial charge is 0.480 e. The topological polar surface area (TPSA) is 140 Å². The lowest BCUT2D eigenvalue weighted by Crippen LogP contribution is -2.42. The van der Waals surface area contributed by atoms with Crippen molar-refractivity contribution in [3.8, 4) is 17.1 Å². The summed E-state index contributed by atoms with van der Waals surface area (Å²) >= 11 is 0. The van der Waals surface area contributed by atoms with E-state index < -0.39 is 29.8 Å². The second-order valence-corrected chi connectivity index (χ2v) is 10.9. The maximum Gasteiger partial charge on any atom is 0.410 e. The summed E-state index contributed by atoms with van der Waals surface area (Å²) in [5.74, 6) is -0.129. The molecule has 5 rings (SSSR count). The van der Waals surface area contributed by atoms with Crippen molar-refractivity contribution in [3.05, 3.63) is 35.8 Å². The molecule has 3 N–H and O–H groups in total. The van der Waals surface area contributed by atoms with Crippen molar-refractivity contribution in [1.82, 2.24) is 34.7 Å². The molecule has 208 valence electrons. The zero-order valence-corrected chi connectivity index (χ0v) is 22.5. The molecule has 5 heterocycles. The van der Waals surface area contributed by atoms with Gasteiger partial charge < -0.3 is 25.4 Å². The van der Waals surface area contributed by atoms with Gasteiger partial charge in [0.15, 0.2) is 5.82 Å². The molecule has 0 aliphatic carbocycles. The van der Waals surface area contributed by atoms with Crippen molar-refractivity contribution < 1.29 is 23.5 Å². The summed E-state index contributed by atoms with van der Waals surface area (Å²) in [6, 6.07) is 2.68. The van der Waals surface area contributed by atoms with E-state index in [9.17, 15) is 14.0 Å². The molecule has 2 atom stereocenters. The normalized spacial score (nSPS) is 19.7. The number of methoxy groups -OCH3 is 1. The van der Waals surface area contributed by atoms with Crippen LogP contribution in [-0.4, -0.2) is 92.5 Å². The van der Waals surface area contributed by atoms with Gasteiger partial charge in [-0.3, -0.25) is 9.69 Å². The predicted octanol–water partition coefficient (Wildman–Crippen LogP) is 2.28. The monoisotopic (exact) mass is 540 g/mol. The zero-order chi connectivity index (χ0) is 27.9. The number of nitrogen functional groups attached to an aromatic ring is 1. The summed E-state index contributed by atoms with van der Waals surface area (Å²) < 4.78 is 27.2. The number of carbonyl (C=O) groups excluding carboxylic acids is 2. The first-order valence-corrected chi connectivity index (χ1v) is 12.8. The first-order chi connectivity index (χ1) is 18.5. The number of amides is 2. The number of nitrogens with one attached hydrogen (secondary N) is 1. The highest BCUT2D eigenvalue weighted by molar-refractivity contribution is 5.98. The summed E-state index contributed by atoms with van der Waals surface area (Å²) in [5.41, 5.74) is 8.58. The van der Waals surface area contributed by atoms with Crippen molar-refractivity contribution in [2.75, 3.05) is 39.0 Å². The highest BCUT2D eigenvalue weighted by Gasteiger charge is 2.38. The molecule has 2 amide bonds. The van der Waals surface area contributed by atoms with E-state index in [1.54, 1.807) is 37.5 Å². The van der Waals surface area contributed by atoms with Gasteiger partial charge in [-0.2, -0.15) is 5.10 Å². The molecule has 0 aromatic carbocycles. The maximum absolute atomic E-state index is 14.8. The molecule has 0 saturated carbocycles. The Balaban J connectivity index is 1.41.